The molecule has 6 heteroatoms. The molecule has 1 aromatic heterocycles. The first-order chi connectivity index (χ1) is 15.9. The maximum atomic E-state index is 13.6. The minimum absolute atomic E-state index is 0.00478. The first kappa shape index (κ1) is 20.3. The Labute approximate surface area is 194 Å². The summed E-state index contributed by atoms with van der Waals surface area (Å²) in [5.74, 6) is 0.603. The van der Waals surface area contributed by atoms with Gasteiger partial charge >= 0.3 is 0 Å². The summed E-state index contributed by atoms with van der Waals surface area (Å²) in [5, 5.41) is 15.5. The Kier molecular flexibility index (Phi) is 4.38. The summed E-state index contributed by atoms with van der Waals surface area (Å²) in [6.45, 7) is 6.29. The highest BCUT2D eigenvalue weighted by atomic mass is 16.2. The highest BCUT2D eigenvalue weighted by Gasteiger charge is 2.53. The Morgan fingerprint density at radius 3 is 2.82 bits per heavy atom. The van der Waals surface area contributed by atoms with Crippen molar-refractivity contribution in [1.29, 1.82) is 0 Å². The molecule has 2 atom stereocenters. The van der Waals surface area contributed by atoms with E-state index in [0.717, 1.165) is 35.2 Å². The van der Waals surface area contributed by atoms with Crippen LogP contribution in [0.25, 0.3) is 11.1 Å². The first-order valence-electron chi connectivity index (χ1n) is 11.9. The molecular weight excluding hydrogens is 410 g/mol. The van der Waals surface area contributed by atoms with E-state index in [1.54, 1.807) is 0 Å². The zero-order valence-electron chi connectivity index (χ0n) is 19.4. The molecule has 1 aliphatic carbocycles. The number of aromatic nitrogens is 1. The summed E-state index contributed by atoms with van der Waals surface area (Å²) in [6.07, 6.45) is 9.47. The minimum atomic E-state index is -0.571. The van der Waals surface area contributed by atoms with Crippen LogP contribution in [0.4, 0.5) is 0 Å². The molecule has 4 heterocycles. The van der Waals surface area contributed by atoms with E-state index < -0.39 is 5.41 Å². The van der Waals surface area contributed by atoms with Crippen molar-refractivity contribution in [3.63, 3.8) is 0 Å². The minimum Gasteiger partial charge on any atom is -0.362 e. The van der Waals surface area contributed by atoms with E-state index in [-0.39, 0.29) is 17.6 Å². The molecule has 2 N–H and O–H groups in total. The van der Waals surface area contributed by atoms with Crippen molar-refractivity contribution < 1.29 is 4.79 Å². The lowest BCUT2D eigenvalue weighted by atomic mass is 9.62. The van der Waals surface area contributed by atoms with Gasteiger partial charge in [-0.2, -0.15) is 10.2 Å². The van der Waals surface area contributed by atoms with Crippen molar-refractivity contribution in [3.05, 3.63) is 76.9 Å². The summed E-state index contributed by atoms with van der Waals surface area (Å²) in [7, 11) is 0. The molecule has 168 valence electrons. The van der Waals surface area contributed by atoms with Crippen LogP contribution in [-0.2, 0) is 10.2 Å². The van der Waals surface area contributed by atoms with Crippen molar-refractivity contribution >= 4 is 5.91 Å². The number of nitrogens with zero attached hydrogens (tertiary/aromatic N) is 3. The van der Waals surface area contributed by atoms with Gasteiger partial charge in [0.15, 0.2) is 6.17 Å². The van der Waals surface area contributed by atoms with Crippen molar-refractivity contribution in [2.24, 2.45) is 10.2 Å². The molecule has 0 spiro atoms. The third-order valence-corrected chi connectivity index (χ3v) is 7.57. The lowest BCUT2D eigenvalue weighted by Gasteiger charge is -2.48. The molecule has 6 rings (SSSR count). The average molecular weight is 440 g/mol. The fourth-order valence-electron chi connectivity index (χ4n) is 5.95. The third-order valence-electron chi connectivity index (χ3n) is 7.57. The van der Waals surface area contributed by atoms with E-state index in [4.69, 9.17) is 0 Å². The number of benzene rings is 1. The van der Waals surface area contributed by atoms with E-state index in [1.807, 2.05) is 18.6 Å². The first-order valence-corrected chi connectivity index (χ1v) is 11.9. The maximum absolute atomic E-state index is 13.6. The molecular formula is C27H29N5O. The highest BCUT2D eigenvalue weighted by Crippen LogP contribution is 2.52. The van der Waals surface area contributed by atoms with Crippen LogP contribution >= 0.6 is 0 Å². The van der Waals surface area contributed by atoms with Gasteiger partial charge in [0.05, 0.1) is 17.2 Å². The van der Waals surface area contributed by atoms with Crippen LogP contribution in [0.1, 0.15) is 63.5 Å². The predicted molar refractivity (Wildman–Crippen MR) is 127 cm³/mol. The van der Waals surface area contributed by atoms with Crippen molar-refractivity contribution in [2.75, 3.05) is 0 Å². The predicted octanol–water partition coefficient (Wildman–Crippen LogP) is 5.11. The fraction of sp³-hybridized carbons (Fsp3) is 0.407. The number of carbonyl (C=O) groups excluding carboxylic acids is 1. The Hall–Kier alpha value is -3.28. The van der Waals surface area contributed by atoms with E-state index in [2.05, 4.69) is 76.9 Å². The lowest BCUT2D eigenvalue weighted by Crippen LogP contribution is -2.58. The second kappa shape index (κ2) is 7.11. The maximum Gasteiger partial charge on any atom is 0.250 e. The number of hydrogen-bond donors (Lipinski definition) is 2. The van der Waals surface area contributed by atoms with Gasteiger partial charge < -0.3 is 10.6 Å². The van der Waals surface area contributed by atoms with Crippen LogP contribution in [0.3, 0.4) is 0 Å². The van der Waals surface area contributed by atoms with Crippen molar-refractivity contribution in [1.82, 2.24) is 15.6 Å². The lowest BCUT2D eigenvalue weighted by molar-refractivity contribution is -0.120. The van der Waals surface area contributed by atoms with Crippen LogP contribution in [0, 0.1) is 0 Å². The molecule has 0 bridgehead atoms. The number of amides is 1. The van der Waals surface area contributed by atoms with Gasteiger partial charge in [0.2, 0.25) is 0 Å². The Bertz CT molecular complexity index is 1250. The summed E-state index contributed by atoms with van der Waals surface area (Å²) in [4.78, 5) is 18.0. The number of pyridine rings is 1. The van der Waals surface area contributed by atoms with Crippen LogP contribution < -0.4 is 10.6 Å². The number of carbonyl (C=O) groups is 1. The zero-order valence-corrected chi connectivity index (χ0v) is 19.4. The molecule has 2 aromatic rings. The molecule has 1 saturated carbocycles. The SMILES string of the molecule is CC[C@@]1(c2cccc(-c3ccncc3C3CC3)c2)C2=CN=NC2NC2=C1C(=O)NC(C)(C)C2. The fourth-order valence-corrected chi connectivity index (χ4v) is 5.95. The monoisotopic (exact) mass is 439 g/mol. The number of azo groups is 1. The van der Waals surface area contributed by atoms with Crippen LogP contribution in [-0.4, -0.2) is 22.6 Å². The van der Waals surface area contributed by atoms with Gasteiger partial charge in [-0.15, -0.1) is 0 Å². The largest absolute Gasteiger partial charge is 0.362 e. The van der Waals surface area contributed by atoms with Gasteiger partial charge in [-0.3, -0.25) is 9.78 Å². The second-order valence-corrected chi connectivity index (χ2v) is 10.3. The molecule has 1 unspecified atom stereocenters. The molecule has 1 amide bonds. The van der Waals surface area contributed by atoms with E-state index in [0.29, 0.717) is 5.92 Å². The van der Waals surface area contributed by atoms with Gasteiger partial charge in [-0.1, -0.05) is 25.1 Å². The molecule has 0 radical (unpaired) electrons. The second-order valence-electron chi connectivity index (χ2n) is 10.3. The van der Waals surface area contributed by atoms with Crippen molar-refractivity contribution in [2.45, 2.75) is 69.5 Å². The summed E-state index contributed by atoms with van der Waals surface area (Å²) in [6, 6.07) is 10.8. The summed E-state index contributed by atoms with van der Waals surface area (Å²) < 4.78 is 0. The summed E-state index contributed by atoms with van der Waals surface area (Å²) >= 11 is 0. The number of fused-ring (bicyclic) bond motifs is 1. The number of hydrogen-bond acceptors (Lipinski definition) is 5. The van der Waals surface area contributed by atoms with Crippen LogP contribution in [0.2, 0.25) is 0 Å². The number of nitrogens with one attached hydrogen (secondary N) is 2. The van der Waals surface area contributed by atoms with E-state index >= 15 is 0 Å². The molecule has 0 saturated heterocycles. The van der Waals surface area contributed by atoms with Gasteiger partial charge in [-0.25, -0.2) is 0 Å². The van der Waals surface area contributed by atoms with Crippen LogP contribution in [0.5, 0.6) is 0 Å². The molecule has 1 fully saturated rings. The van der Waals surface area contributed by atoms with Crippen molar-refractivity contribution in [3.8, 4) is 11.1 Å². The normalized spacial score (nSPS) is 27.4. The molecule has 4 aliphatic rings. The topological polar surface area (TPSA) is 78.7 Å². The molecule has 6 nitrogen and oxygen atoms in total. The quantitative estimate of drug-likeness (QED) is 0.695. The smallest absolute Gasteiger partial charge is 0.250 e. The van der Waals surface area contributed by atoms with Gasteiger partial charge in [0, 0.05) is 35.6 Å². The number of rotatable bonds is 4. The van der Waals surface area contributed by atoms with Gasteiger partial charge in [0.25, 0.3) is 5.91 Å². The van der Waals surface area contributed by atoms with Crippen LogP contribution in [0.15, 0.2) is 76.0 Å². The Morgan fingerprint density at radius 2 is 2.03 bits per heavy atom. The Morgan fingerprint density at radius 1 is 1.18 bits per heavy atom. The molecule has 1 aromatic carbocycles. The summed E-state index contributed by atoms with van der Waals surface area (Å²) in [5.41, 5.74) is 6.83. The molecule has 3 aliphatic heterocycles. The Balaban J connectivity index is 1.55. The zero-order chi connectivity index (χ0) is 22.8. The van der Waals surface area contributed by atoms with E-state index in [1.165, 1.54) is 29.5 Å². The van der Waals surface area contributed by atoms with E-state index in [9.17, 15) is 4.79 Å². The molecule has 33 heavy (non-hydrogen) atoms. The third kappa shape index (κ3) is 3.07. The van der Waals surface area contributed by atoms with Gasteiger partial charge in [-0.05, 0) is 73.4 Å². The highest BCUT2D eigenvalue weighted by molar-refractivity contribution is 6.00. The standard InChI is InChI=1S/C27H29N5O/c1-4-27(18-7-5-6-17(12-18)19-10-11-28-14-20(19)16-8-9-16)21-15-29-32-24(21)30-22-13-26(2,3)31-25(33)23(22)27/h5-7,10-12,14-16,24,30H,4,8-9,13H2,1-3H3,(H,31,33)/t24?,27-/m1/s1. The average Bonchev–Trinajstić information content (AvgIpc) is 3.54. The van der Waals surface area contributed by atoms with Gasteiger partial charge in [0.1, 0.15) is 0 Å².